The van der Waals surface area contributed by atoms with Gasteiger partial charge in [0.1, 0.15) is 5.75 Å². The Morgan fingerprint density at radius 2 is 1.82 bits per heavy atom. The van der Waals surface area contributed by atoms with Crippen molar-refractivity contribution in [3.8, 4) is 5.75 Å². The third-order valence-electron chi connectivity index (χ3n) is 6.18. The third-order valence-corrected chi connectivity index (χ3v) is 7.04. The molecule has 3 heterocycles. The van der Waals surface area contributed by atoms with Crippen LogP contribution in [-0.2, 0) is 6.54 Å². The van der Waals surface area contributed by atoms with E-state index in [0.29, 0.717) is 6.54 Å². The Morgan fingerprint density at radius 1 is 1.00 bits per heavy atom. The van der Waals surface area contributed by atoms with Crippen LogP contribution in [0.4, 0.5) is 5.69 Å². The summed E-state index contributed by atoms with van der Waals surface area (Å²) in [6, 6.07) is 21.2. The van der Waals surface area contributed by atoms with Crippen molar-refractivity contribution < 1.29 is 4.74 Å². The lowest BCUT2D eigenvalue weighted by Crippen LogP contribution is -2.48. The van der Waals surface area contributed by atoms with Gasteiger partial charge >= 0.3 is 0 Å². The van der Waals surface area contributed by atoms with Crippen LogP contribution >= 0.6 is 11.3 Å². The lowest BCUT2D eigenvalue weighted by atomic mass is 10.0. The van der Waals surface area contributed by atoms with Gasteiger partial charge in [-0.25, -0.2) is 4.68 Å². The Kier molecular flexibility index (Phi) is 6.37. The number of tetrazole rings is 1. The van der Waals surface area contributed by atoms with Crippen molar-refractivity contribution in [2.45, 2.75) is 19.5 Å². The summed E-state index contributed by atoms with van der Waals surface area (Å²) in [7, 11) is 1.71. The van der Waals surface area contributed by atoms with Crippen LogP contribution in [0, 0.1) is 6.92 Å². The topological polar surface area (TPSA) is 59.3 Å². The molecular formula is C25H28N6OS. The molecule has 0 radical (unpaired) electrons. The fourth-order valence-electron chi connectivity index (χ4n) is 4.39. The van der Waals surface area contributed by atoms with Gasteiger partial charge in [0.15, 0.2) is 5.82 Å². The minimum Gasteiger partial charge on any atom is -0.497 e. The highest BCUT2D eigenvalue weighted by Crippen LogP contribution is 2.30. The van der Waals surface area contributed by atoms with E-state index in [2.05, 4.69) is 86.2 Å². The summed E-state index contributed by atoms with van der Waals surface area (Å²) in [6.07, 6.45) is 0. The average molecular weight is 461 g/mol. The number of rotatable bonds is 7. The molecule has 2 aromatic heterocycles. The number of aryl methyl sites for hydroxylation is 1. The fourth-order valence-corrected chi connectivity index (χ4v) is 5.07. The van der Waals surface area contributed by atoms with E-state index in [4.69, 9.17) is 4.74 Å². The predicted octanol–water partition coefficient (Wildman–Crippen LogP) is 4.01. The molecule has 1 fully saturated rings. The summed E-state index contributed by atoms with van der Waals surface area (Å²) in [5.74, 6) is 1.78. The Morgan fingerprint density at radius 3 is 2.55 bits per heavy atom. The van der Waals surface area contributed by atoms with Crippen molar-refractivity contribution in [3.05, 3.63) is 87.9 Å². The Hall–Kier alpha value is -3.23. The molecule has 4 aromatic rings. The average Bonchev–Trinajstić information content (AvgIpc) is 3.54. The number of anilines is 1. The normalized spacial score (nSPS) is 15.5. The number of ether oxygens (including phenoxy) is 1. The van der Waals surface area contributed by atoms with Gasteiger partial charge in [0.25, 0.3) is 0 Å². The van der Waals surface area contributed by atoms with Crippen LogP contribution in [0.3, 0.4) is 0 Å². The smallest absolute Gasteiger partial charge is 0.173 e. The summed E-state index contributed by atoms with van der Waals surface area (Å²) >= 11 is 1.73. The van der Waals surface area contributed by atoms with Crippen molar-refractivity contribution in [2.24, 2.45) is 0 Å². The molecule has 0 spiro atoms. The highest BCUT2D eigenvalue weighted by atomic mass is 32.1. The summed E-state index contributed by atoms with van der Waals surface area (Å²) in [5, 5.41) is 15.0. The van der Waals surface area contributed by atoms with Crippen LogP contribution in [0.15, 0.2) is 66.0 Å². The molecule has 7 nitrogen and oxygen atoms in total. The van der Waals surface area contributed by atoms with Gasteiger partial charge in [-0.15, -0.1) is 16.4 Å². The van der Waals surface area contributed by atoms with Crippen molar-refractivity contribution >= 4 is 17.0 Å². The Balaban J connectivity index is 1.41. The summed E-state index contributed by atoms with van der Waals surface area (Å²) in [5.41, 5.74) is 3.67. The van der Waals surface area contributed by atoms with Crippen molar-refractivity contribution in [2.75, 3.05) is 38.2 Å². The molecule has 2 aromatic carbocycles. The first kappa shape index (κ1) is 21.6. The number of piperazine rings is 1. The van der Waals surface area contributed by atoms with Crippen LogP contribution in [0.2, 0.25) is 0 Å². The molecule has 1 aliphatic rings. The van der Waals surface area contributed by atoms with Crippen LogP contribution < -0.4 is 9.64 Å². The van der Waals surface area contributed by atoms with E-state index in [-0.39, 0.29) is 6.04 Å². The highest BCUT2D eigenvalue weighted by molar-refractivity contribution is 7.09. The number of hydrogen-bond donors (Lipinski definition) is 0. The summed E-state index contributed by atoms with van der Waals surface area (Å²) in [6.45, 7) is 6.51. The zero-order valence-electron chi connectivity index (χ0n) is 19.0. The third kappa shape index (κ3) is 4.77. The molecule has 0 N–H and O–H groups in total. The largest absolute Gasteiger partial charge is 0.497 e. The van der Waals surface area contributed by atoms with Crippen molar-refractivity contribution in [1.29, 1.82) is 0 Å². The summed E-state index contributed by atoms with van der Waals surface area (Å²) < 4.78 is 7.37. The van der Waals surface area contributed by atoms with E-state index in [0.717, 1.165) is 37.8 Å². The van der Waals surface area contributed by atoms with Gasteiger partial charge in [-0.1, -0.05) is 42.0 Å². The quantitative estimate of drug-likeness (QED) is 0.415. The first-order valence-electron chi connectivity index (χ1n) is 11.2. The van der Waals surface area contributed by atoms with Gasteiger partial charge in [0, 0.05) is 42.8 Å². The predicted molar refractivity (Wildman–Crippen MR) is 131 cm³/mol. The molecule has 1 atom stereocenters. The lowest BCUT2D eigenvalue weighted by Gasteiger charge is -2.40. The van der Waals surface area contributed by atoms with Crippen LogP contribution in [0.1, 0.15) is 27.9 Å². The monoisotopic (exact) mass is 460 g/mol. The fraction of sp³-hybridized carbons (Fsp3) is 0.320. The van der Waals surface area contributed by atoms with Gasteiger partial charge in [0.2, 0.25) is 0 Å². The number of aromatic nitrogens is 4. The van der Waals surface area contributed by atoms with E-state index in [1.807, 2.05) is 16.8 Å². The van der Waals surface area contributed by atoms with Crippen molar-refractivity contribution in [1.82, 2.24) is 25.1 Å². The van der Waals surface area contributed by atoms with Gasteiger partial charge < -0.3 is 9.64 Å². The van der Waals surface area contributed by atoms with Crippen LogP contribution in [-0.4, -0.2) is 58.4 Å². The second-order valence-corrected chi connectivity index (χ2v) is 9.34. The molecule has 0 amide bonds. The maximum Gasteiger partial charge on any atom is 0.173 e. The second kappa shape index (κ2) is 9.72. The molecule has 0 aliphatic carbocycles. The van der Waals surface area contributed by atoms with Gasteiger partial charge in [0.05, 0.1) is 19.7 Å². The SMILES string of the molecule is COc1cccc(N2CCN(C(c3ccc(C)cc3)c3nnnn3Cc3cccs3)CC2)c1. The van der Waals surface area contributed by atoms with E-state index in [1.54, 1.807) is 18.4 Å². The number of methoxy groups -OCH3 is 1. The minimum atomic E-state index is 0.00743. The Bertz CT molecular complexity index is 1170. The van der Waals surface area contributed by atoms with E-state index in [9.17, 15) is 0 Å². The molecule has 1 unspecified atom stereocenters. The Labute approximate surface area is 198 Å². The van der Waals surface area contributed by atoms with E-state index >= 15 is 0 Å². The van der Waals surface area contributed by atoms with Gasteiger partial charge in [-0.05, 0) is 46.5 Å². The summed E-state index contributed by atoms with van der Waals surface area (Å²) in [4.78, 5) is 6.16. The second-order valence-electron chi connectivity index (χ2n) is 8.31. The highest BCUT2D eigenvalue weighted by Gasteiger charge is 2.31. The number of thiophene rings is 1. The molecule has 5 rings (SSSR count). The molecule has 8 heteroatoms. The minimum absolute atomic E-state index is 0.00743. The molecule has 1 saturated heterocycles. The maximum atomic E-state index is 5.42. The van der Waals surface area contributed by atoms with Crippen LogP contribution in [0.5, 0.6) is 5.75 Å². The van der Waals surface area contributed by atoms with E-state index < -0.39 is 0 Å². The maximum absolute atomic E-state index is 5.42. The van der Waals surface area contributed by atoms with Gasteiger partial charge in [-0.3, -0.25) is 4.90 Å². The molecule has 0 saturated carbocycles. The van der Waals surface area contributed by atoms with E-state index in [1.165, 1.54) is 21.7 Å². The first-order valence-corrected chi connectivity index (χ1v) is 12.1. The molecule has 170 valence electrons. The molecular weight excluding hydrogens is 432 g/mol. The van der Waals surface area contributed by atoms with Gasteiger partial charge in [-0.2, -0.15) is 0 Å². The lowest BCUT2D eigenvalue weighted by molar-refractivity contribution is 0.201. The first-order chi connectivity index (χ1) is 16.2. The number of benzene rings is 2. The van der Waals surface area contributed by atoms with Crippen molar-refractivity contribution in [3.63, 3.8) is 0 Å². The number of hydrogen-bond acceptors (Lipinski definition) is 7. The number of nitrogens with zero attached hydrogens (tertiary/aromatic N) is 6. The standard InChI is InChI=1S/C25H28N6OS/c1-19-8-10-20(11-9-19)24(25-26-27-28-31(25)18-23-7-4-16-33-23)30-14-12-29(13-15-30)21-5-3-6-22(17-21)32-2/h3-11,16-17,24H,12-15,18H2,1-2H3. The zero-order valence-corrected chi connectivity index (χ0v) is 19.8. The molecule has 33 heavy (non-hydrogen) atoms. The molecule has 1 aliphatic heterocycles. The zero-order chi connectivity index (χ0) is 22.6. The van der Waals surface area contributed by atoms with Crippen LogP contribution in [0.25, 0.3) is 0 Å². The molecule has 0 bridgehead atoms.